The van der Waals surface area contributed by atoms with Crippen molar-refractivity contribution in [2.45, 2.75) is 26.3 Å². The lowest BCUT2D eigenvalue weighted by atomic mass is 10.0. The molecule has 0 N–H and O–H groups in total. The van der Waals surface area contributed by atoms with Crippen LogP contribution in [0.25, 0.3) is 10.6 Å². The molecule has 1 amide bonds. The molecule has 0 fully saturated rings. The summed E-state index contributed by atoms with van der Waals surface area (Å²) in [5, 5.41) is 11.7. The van der Waals surface area contributed by atoms with E-state index in [4.69, 9.17) is 5.26 Å². The number of rotatable bonds is 6. The minimum Gasteiger partial charge on any atom is -0.336 e. The van der Waals surface area contributed by atoms with E-state index in [0.29, 0.717) is 12.1 Å². The van der Waals surface area contributed by atoms with Crippen LogP contribution in [-0.2, 0) is 11.2 Å². The van der Waals surface area contributed by atoms with Gasteiger partial charge in [0.25, 0.3) is 0 Å². The molecule has 0 radical (unpaired) electrons. The molecule has 0 saturated heterocycles. The second kappa shape index (κ2) is 8.56. The maximum absolute atomic E-state index is 12.9. The number of likely N-dealkylation sites (N-methyl/N-ethyl adjacent to an activating group) is 1. The highest BCUT2D eigenvalue weighted by molar-refractivity contribution is 7.13. The van der Waals surface area contributed by atoms with E-state index in [1.54, 1.807) is 24.5 Å². The van der Waals surface area contributed by atoms with Crippen molar-refractivity contribution in [1.29, 1.82) is 5.26 Å². The lowest BCUT2D eigenvalue weighted by Crippen LogP contribution is -2.34. The predicted octanol–water partition coefficient (Wildman–Crippen LogP) is 4.23. The van der Waals surface area contributed by atoms with Crippen LogP contribution < -0.4 is 0 Å². The van der Waals surface area contributed by atoms with Crippen molar-refractivity contribution in [3.63, 3.8) is 0 Å². The highest BCUT2D eigenvalue weighted by atomic mass is 32.1. The van der Waals surface area contributed by atoms with Gasteiger partial charge in [0.2, 0.25) is 5.91 Å². The van der Waals surface area contributed by atoms with Gasteiger partial charge in [-0.1, -0.05) is 12.1 Å². The Bertz CT molecular complexity index is 944. The number of pyridine rings is 1. The lowest BCUT2D eigenvalue weighted by Gasteiger charge is -2.28. The number of nitriles is 1. The van der Waals surface area contributed by atoms with Crippen molar-refractivity contribution < 1.29 is 4.79 Å². The molecule has 0 aliphatic rings. The average Bonchev–Trinajstić information content (AvgIpc) is 3.17. The molecule has 1 unspecified atom stereocenters. The Labute approximate surface area is 162 Å². The molecule has 2 heterocycles. The third-order valence-electron chi connectivity index (χ3n) is 4.44. The number of carbonyl (C=O) groups excluding carboxylic acids is 1. The molecule has 27 heavy (non-hydrogen) atoms. The van der Waals surface area contributed by atoms with Crippen LogP contribution in [0, 0.1) is 11.3 Å². The summed E-state index contributed by atoms with van der Waals surface area (Å²) >= 11 is 1.52. The van der Waals surface area contributed by atoms with Crippen LogP contribution in [0.1, 0.15) is 36.7 Å². The molecule has 6 heteroatoms. The topological polar surface area (TPSA) is 69.9 Å². The summed E-state index contributed by atoms with van der Waals surface area (Å²) in [5.41, 5.74) is 3.36. The van der Waals surface area contributed by atoms with Gasteiger partial charge in [0.15, 0.2) is 0 Å². The normalized spacial score (nSPS) is 11.6. The van der Waals surface area contributed by atoms with Gasteiger partial charge in [-0.15, -0.1) is 11.3 Å². The Morgan fingerprint density at radius 1 is 1.30 bits per heavy atom. The zero-order valence-corrected chi connectivity index (χ0v) is 16.1. The molecule has 1 atom stereocenters. The Morgan fingerprint density at radius 2 is 2.07 bits per heavy atom. The van der Waals surface area contributed by atoms with Crippen LogP contribution in [0.3, 0.4) is 0 Å². The highest BCUT2D eigenvalue weighted by Crippen LogP contribution is 2.25. The fourth-order valence-corrected chi connectivity index (χ4v) is 3.76. The Kier molecular flexibility index (Phi) is 5.94. The number of thiazole rings is 1. The number of benzene rings is 1. The monoisotopic (exact) mass is 376 g/mol. The number of hydrogen-bond acceptors (Lipinski definition) is 5. The van der Waals surface area contributed by atoms with E-state index < -0.39 is 0 Å². The van der Waals surface area contributed by atoms with Crippen molar-refractivity contribution in [3.8, 4) is 16.6 Å². The maximum atomic E-state index is 12.9. The number of amides is 1. The van der Waals surface area contributed by atoms with Gasteiger partial charge < -0.3 is 4.90 Å². The lowest BCUT2D eigenvalue weighted by molar-refractivity contribution is -0.132. The summed E-state index contributed by atoms with van der Waals surface area (Å²) < 4.78 is 0. The molecule has 3 aromatic rings. The number of carbonyl (C=O) groups is 1. The second-order valence-electron chi connectivity index (χ2n) is 6.15. The molecular formula is C21H20N4OS. The summed E-state index contributed by atoms with van der Waals surface area (Å²) in [5.74, 6) is 0.0393. The standard InChI is InChI=1S/C21H20N4OS/c1-3-25(15(2)17-8-6-16(12-22)7-9-17)20(26)11-19-14-27-21(24-19)18-5-4-10-23-13-18/h4-10,13-15H,3,11H2,1-2H3. The van der Waals surface area contributed by atoms with Gasteiger partial charge in [0.05, 0.1) is 29.8 Å². The summed E-state index contributed by atoms with van der Waals surface area (Å²) in [6.45, 7) is 4.59. The molecule has 0 aliphatic heterocycles. The minimum atomic E-state index is -0.0633. The molecule has 136 valence electrons. The van der Waals surface area contributed by atoms with Crippen molar-refractivity contribution in [3.05, 3.63) is 71.0 Å². The van der Waals surface area contributed by atoms with Gasteiger partial charge >= 0.3 is 0 Å². The number of nitrogens with zero attached hydrogens (tertiary/aromatic N) is 4. The summed E-state index contributed by atoms with van der Waals surface area (Å²) in [6.07, 6.45) is 3.77. The summed E-state index contributed by atoms with van der Waals surface area (Å²) in [6, 6.07) is 13.3. The van der Waals surface area contributed by atoms with Crippen molar-refractivity contribution in [2.24, 2.45) is 0 Å². The molecule has 0 aliphatic carbocycles. The average molecular weight is 376 g/mol. The van der Waals surface area contributed by atoms with E-state index in [1.165, 1.54) is 11.3 Å². The van der Waals surface area contributed by atoms with Gasteiger partial charge in [-0.05, 0) is 43.7 Å². The zero-order valence-electron chi connectivity index (χ0n) is 15.3. The van der Waals surface area contributed by atoms with E-state index in [1.807, 2.05) is 48.4 Å². The van der Waals surface area contributed by atoms with Gasteiger partial charge in [-0.3, -0.25) is 9.78 Å². The second-order valence-corrected chi connectivity index (χ2v) is 7.01. The van der Waals surface area contributed by atoms with Crippen LogP contribution in [-0.4, -0.2) is 27.3 Å². The van der Waals surface area contributed by atoms with Gasteiger partial charge in [0.1, 0.15) is 5.01 Å². The number of aromatic nitrogens is 2. The Hall–Kier alpha value is -3.04. The van der Waals surface area contributed by atoms with Crippen LogP contribution in [0.2, 0.25) is 0 Å². The fourth-order valence-electron chi connectivity index (χ4n) is 2.95. The first-order chi connectivity index (χ1) is 13.1. The summed E-state index contributed by atoms with van der Waals surface area (Å²) in [7, 11) is 0. The largest absolute Gasteiger partial charge is 0.336 e. The molecule has 2 aromatic heterocycles. The zero-order chi connectivity index (χ0) is 19.2. The van der Waals surface area contributed by atoms with Gasteiger partial charge in [-0.25, -0.2) is 4.98 Å². The molecule has 0 spiro atoms. The van der Waals surface area contributed by atoms with Crippen molar-refractivity contribution >= 4 is 17.2 Å². The quantitative estimate of drug-likeness (QED) is 0.645. The fraction of sp³-hybridized carbons (Fsp3) is 0.238. The summed E-state index contributed by atoms with van der Waals surface area (Å²) in [4.78, 5) is 23.4. The highest BCUT2D eigenvalue weighted by Gasteiger charge is 2.21. The third-order valence-corrected chi connectivity index (χ3v) is 5.38. The Morgan fingerprint density at radius 3 is 2.70 bits per heavy atom. The Balaban J connectivity index is 1.71. The first-order valence-electron chi connectivity index (χ1n) is 8.76. The smallest absolute Gasteiger partial charge is 0.229 e. The van der Waals surface area contributed by atoms with Crippen LogP contribution in [0.4, 0.5) is 0 Å². The molecular weight excluding hydrogens is 356 g/mol. The molecule has 5 nitrogen and oxygen atoms in total. The van der Waals surface area contributed by atoms with E-state index in [2.05, 4.69) is 16.0 Å². The predicted molar refractivity (Wildman–Crippen MR) is 106 cm³/mol. The third kappa shape index (κ3) is 4.39. The molecule has 0 bridgehead atoms. The first-order valence-corrected chi connectivity index (χ1v) is 9.64. The van der Waals surface area contributed by atoms with E-state index in [0.717, 1.165) is 21.8 Å². The van der Waals surface area contributed by atoms with Gasteiger partial charge in [0, 0.05) is 29.9 Å². The van der Waals surface area contributed by atoms with Crippen molar-refractivity contribution in [2.75, 3.05) is 6.54 Å². The maximum Gasteiger partial charge on any atom is 0.229 e. The molecule has 3 rings (SSSR count). The first kappa shape index (κ1) is 18.7. The van der Waals surface area contributed by atoms with Crippen LogP contribution in [0.15, 0.2) is 54.2 Å². The van der Waals surface area contributed by atoms with E-state index >= 15 is 0 Å². The van der Waals surface area contributed by atoms with Crippen LogP contribution >= 0.6 is 11.3 Å². The van der Waals surface area contributed by atoms with Crippen LogP contribution in [0.5, 0.6) is 0 Å². The molecule has 0 saturated carbocycles. The minimum absolute atomic E-state index is 0.0393. The van der Waals surface area contributed by atoms with E-state index in [9.17, 15) is 4.79 Å². The van der Waals surface area contributed by atoms with E-state index in [-0.39, 0.29) is 18.4 Å². The van der Waals surface area contributed by atoms with Gasteiger partial charge in [-0.2, -0.15) is 5.26 Å². The molecule has 1 aromatic carbocycles. The number of hydrogen-bond donors (Lipinski definition) is 0. The SMILES string of the molecule is CCN(C(=O)Cc1csc(-c2cccnc2)n1)C(C)c1ccc(C#N)cc1. The van der Waals surface area contributed by atoms with Crippen molar-refractivity contribution in [1.82, 2.24) is 14.9 Å².